The molecule has 0 bridgehead atoms. The molecule has 2 unspecified atom stereocenters. The van der Waals surface area contributed by atoms with E-state index in [0.717, 1.165) is 23.7 Å². The predicted molar refractivity (Wildman–Crippen MR) is 77.4 cm³/mol. The molecule has 4 nitrogen and oxygen atoms in total. The molecule has 1 aliphatic rings. The fourth-order valence-electron chi connectivity index (χ4n) is 2.95. The molecule has 0 aromatic heterocycles. The van der Waals surface area contributed by atoms with Gasteiger partial charge in [0.15, 0.2) is 0 Å². The van der Waals surface area contributed by atoms with E-state index in [1.807, 2.05) is 13.0 Å². The third-order valence-electron chi connectivity index (χ3n) is 4.35. The fourth-order valence-corrected chi connectivity index (χ4v) is 2.95. The molecule has 0 saturated heterocycles. The number of hydrogen-bond acceptors (Lipinski definition) is 3. The van der Waals surface area contributed by atoms with Gasteiger partial charge in [-0.05, 0) is 31.2 Å². The van der Waals surface area contributed by atoms with Gasteiger partial charge < -0.3 is 5.32 Å². The second-order valence-electron chi connectivity index (χ2n) is 5.61. The van der Waals surface area contributed by atoms with Gasteiger partial charge in [0.25, 0.3) is 5.69 Å². The van der Waals surface area contributed by atoms with Crippen LogP contribution in [0, 0.1) is 28.9 Å². The zero-order chi connectivity index (χ0) is 13.8. The van der Waals surface area contributed by atoms with Gasteiger partial charge in [0.05, 0.1) is 4.92 Å². The number of nitrogens with one attached hydrogen (secondary N) is 1. The first-order valence-corrected chi connectivity index (χ1v) is 7.07. The Kier molecular flexibility index (Phi) is 4.40. The van der Waals surface area contributed by atoms with Gasteiger partial charge in [-0.15, -0.1) is 0 Å². The highest BCUT2D eigenvalue weighted by molar-refractivity contribution is 5.59. The highest BCUT2D eigenvalue weighted by atomic mass is 16.6. The maximum atomic E-state index is 10.9. The molecule has 1 fully saturated rings. The smallest absolute Gasteiger partial charge is 0.274 e. The van der Waals surface area contributed by atoms with Crippen LogP contribution in [0.3, 0.4) is 0 Å². The lowest BCUT2D eigenvalue weighted by atomic mass is 9.80. The number of rotatable bonds is 4. The predicted octanol–water partition coefficient (Wildman–Crippen LogP) is 4.14. The van der Waals surface area contributed by atoms with Crippen molar-refractivity contribution in [1.29, 1.82) is 0 Å². The first-order chi connectivity index (χ1) is 9.09. The Morgan fingerprint density at radius 1 is 1.37 bits per heavy atom. The molecule has 2 atom stereocenters. The molecule has 0 spiro atoms. The van der Waals surface area contributed by atoms with Crippen molar-refractivity contribution in [2.45, 2.75) is 39.5 Å². The zero-order valence-corrected chi connectivity index (χ0v) is 11.7. The summed E-state index contributed by atoms with van der Waals surface area (Å²) in [4.78, 5) is 10.6. The number of nitro groups is 1. The normalized spacial score (nSPS) is 23.1. The molecule has 1 N–H and O–H groups in total. The van der Waals surface area contributed by atoms with Crippen LogP contribution in [0.5, 0.6) is 0 Å². The third kappa shape index (κ3) is 3.25. The van der Waals surface area contributed by atoms with E-state index < -0.39 is 0 Å². The molecule has 0 aliphatic heterocycles. The van der Waals surface area contributed by atoms with Gasteiger partial charge in [0.2, 0.25) is 0 Å². The van der Waals surface area contributed by atoms with Crippen molar-refractivity contribution in [3.8, 4) is 0 Å². The lowest BCUT2D eigenvalue weighted by Gasteiger charge is -2.29. The van der Waals surface area contributed by atoms with Gasteiger partial charge in [0.1, 0.15) is 0 Å². The number of nitrogens with zero attached hydrogens (tertiary/aromatic N) is 1. The first-order valence-electron chi connectivity index (χ1n) is 7.07. The van der Waals surface area contributed by atoms with Gasteiger partial charge in [-0.2, -0.15) is 0 Å². The Bertz CT molecular complexity index is 459. The van der Waals surface area contributed by atoms with Gasteiger partial charge in [-0.1, -0.05) is 32.3 Å². The van der Waals surface area contributed by atoms with Crippen LogP contribution >= 0.6 is 0 Å². The van der Waals surface area contributed by atoms with E-state index >= 15 is 0 Å². The maximum Gasteiger partial charge on any atom is 0.274 e. The summed E-state index contributed by atoms with van der Waals surface area (Å²) in [6.45, 7) is 5.04. The molecular formula is C15H22N2O2. The van der Waals surface area contributed by atoms with Crippen LogP contribution in [0.1, 0.15) is 38.2 Å². The lowest BCUT2D eigenvalue weighted by Crippen LogP contribution is -2.24. The van der Waals surface area contributed by atoms with Crippen molar-refractivity contribution < 1.29 is 4.92 Å². The molecule has 0 heterocycles. The molecule has 4 heteroatoms. The SMILES string of the molecule is Cc1c(NCC2CCCCC2C)cccc1[N+](=O)[O-]. The average Bonchev–Trinajstić information content (AvgIpc) is 2.39. The Morgan fingerprint density at radius 2 is 2.11 bits per heavy atom. The van der Waals surface area contributed by atoms with E-state index in [2.05, 4.69) is 12.2 Å². The Labute approximate surface area is 114 Å². The number of hydrogen-bond donors (Lipinski definition) is 1. The summed E-state index contributed by atoms with van der Waals surface area (Å²) in [5.74, 6) is 1.44. The minimum Gasteiger partial charge on any atom is -0.384 e. The van der Waals surface area contributed by atoms with Gasteiger partial charge in [-0.25, -0.2) is 0 Å². The van der Waals surface area contributed by atoms with Crippen molar-refractivity contribution in [1.82, 2.24) is 0 Å². The summed E-state index contributed by atoms with van der Waals surface area (Å²) in [5, 5.41) is 14.3. The van der Waals surface area contributed by atoms with Crippen LogP contribution in [0.4, 0.5) is 11.4 Å². The second-order valence-corrected chi connectivity index (χ2v) is 5.61. The molecule has 1 aliphatic carbocycles. The van der Waals surface area contributed by atoms with Crippen LogP contribution in [-0.2, 0) is 0 Å². The number of anilines is 1. The summed E-state index contributed by atoms with van der Waals surface area (Å²) in [6.07, 6.45) is 5.22. The van der Waals surface area contributed by atoms with Crippen molar-refractivity contribution in [3.05, 3.63) is 33.9 Å². The van der Waals surface area contributed by atoms with Crippen LogP contribution in [0.25, 0.3) is 0 Å². The summed E-state index contributed by atoms with van der Waals surface area (Å²) in [6, 6.07) is 5.23. The van der Waals surface area contributed by atoms with E-state index in [0.29, 0.717) is 5.92 Å². The van der Waals surface area contributed by atoms with Gasteiger partial charge >= 0.3 is 0 Å². The standard InChI is InChI=1S/C15H22N2O2/c1-11-6-3-4-7-13(11)10-16-14-8-5-9-15(12(14)2)17(18)19/h5,8-9,11,13,16H,3-4,6-7,10H2,1-2H3. The van der Waals surface area contributed by atoms with Gasteiger partial charge in [-0.3, -0.25) is 10.1 Å². The molecule has 0 amide bonds. The molecular weight excluding hydrogens is 240 g/mol. The highest BCUT2D eigenvalue weighted by Crippen LogP contribution is 2.31. The molecule has 1 aromatic carbocycles. The second kappa shape index (κ2) is 6.04. The average molecular weight is 262 g/mol. The minimum atomic E-state index is -0.316. The van der Waals surface area contributed by atoms with Crippen molar-refractivity contribution >= 4 is 11.4 Å². The van der Waals surface area contributed by atoms with Crippen molar-refractivity contribution in [3.63, 3.8) is 0 Å². The quantitative estimate of drug-likeness (QED) is 0.655. The molecule has 2 rings (SSSR count). The van der Waals surface area contributed by atoms with Crippen molar-refractivity contribution in [2.24, 2.45) is 11.8 Å². The van der Waals surface area contributed by atoms with E-state index in [9.17, 15) is 10.1 Å². The molecule has 1 aromatic rings. The monoisotopic (exact) mass is 262 g/mol. The Morgan fingerprint density at radius 3 is 2.79 bits per heavy atom. The van der Waals surface area contributed by atoms with Crippen LogP contribution < -0.4 is 5.32 Å². The first kappa shape index (κ1) is 13.8. The third-order valence-corrected chi connectivity index (χ3v) is 4.35. The zero-order valence-electron chi connectivity index (χ0n) is 11.7. The van der Waals surface area contributed by atoms with E-state index in [-0.39, 0.29) is 10.6 Å². The molecule has 1 saturated carbocycles. The number of nitro benzene ring substituents is 1. The number of benzene rings is 1. The lowest BCUT2D eigenvalue weighted by molar-refractivity contribution is -0.385. The van der Waals surface area contributed by atoms with Crippen molar-refractivity contribution in [2.75, 3.05) is 11.9 Å². The van der Waals surface area contributed by atoms with Crippen LogP contribution in [0.15, 0.2) is 18.2 Å². The van der Waals surface area contributed by atoms with Crippen LogP contribution in [0.2, 0.25) is 0 Å². The minimum absolute atomic E-state index is 0.196. The summed E-state index contributed by atoms with van der Waals surface area (Å²) >= 11 is 0. The maximum absolute atomic E-state index is 10.9. The Hall–Kier alpha value is -1.58. The van der Waals surface area contributed by atoms with E-state index in [1.165, 1.54) is 25.7 Å². The summed E-state index contributed by atoms with van der Waals surface area (Å²) < 4.78 is 0. The molecule has 104 valence electrons. The van der Waals surface area contributed by atoms with E-state index in [4.69, 9.17) is 0 Å². The molecule has 0 radical (unpaired) electrons. The van der Waals surface area contributed by atoms with E-state index in [1.54, 1.807) is 12.1 Å². The molecule has 19 heavy (non-hydrogen) atoms. The van der Waals surface area contributed by atoms with Crippen LogP contribution in [-0.4, -0.2) is 11.5 Å². The summed E-state index contributed by atoms with van der Waals surface area (Å²) in [7, 11) is 0. The largest absolute Gasteiger partial charge is 0.384 e. The highest BCUT2D eigenvalue weighted by Gasteiger charge is 2.21. The fraction of sp³-hybridized carbons (Fsp3) is 0.600. The van der Waals surface area contributed by atoms with Gasteiger partial charge in [0, 0.05) is 23.9 Å². The topological polar surface area (TPSA) is 55.2 Å². The summed E-state index contributed by atoms with van der Waals surface area (Å²) in [5.41, 5.74) is 1.82. The Balaban J connectivity index is 2.03.